The first-order valence-electron chi connectivity index (χ1n) is 7.44. The van der Waals surface area contributed by atoms with Gasteiger partial charge >= 0.3 is 0 Å². The van der Waals surface area contributed by atoms with E-state index in [2.05, 4.69) is 15.4 Å². The molecule has 0 radical (unpaired) electrons. The molecular weight excluding hydrogens is 390 g/mol. The molecule has 0 fully saturated rings. The lowest BCUT2D eigenvalue weighted by atomic mass is 9.92. The molecule has 0 bridgehead atoms. The van der Waals surface area contributed by atoms with Crippen molar-refractivity contribution in [1.82, 2.24) is 14.6 Å². The van der Waals surface area contributed by atoms with Gasteiger partial charge in [-0.25, -0.2) is 9.37 Å². The predicted octanol–water partition coefficient (Wildman–Crippen LogP) is 4.83. The number of hydrogen-bond donors (Lipinski definition) is 1. The maximum atomic E-state index is 14.2. The number of rotatable bonds is 4. The Hall–Kier alpha value is -1.63. The molecule has 2 atom stereocenters. The Morgan fingerprint density at radius 3 is 2.80 bits per heavy atom. The summed E-state index contributed by atoms with van der Waals surface area (Å²) in [5.41, 5.74) is -0.459. The van der Waals surface area contributed by atoms with Crippen LogP contribution in [0.4, 0.5) is 10.2 Å². The van der Waals surface area contributed by atoms with Crippen LogP contribution in [0.25, 0.3) is 11.2 Å². The highest BCUT2D eigenvalue weighted by Gasteiger charge is 2.29. The SMILES string of the molecule is CC(Cl)Nc1c(C2=CCC(C)(F)C=C2Cl)c(Cl)nc2c(C=O)cnn12. The normalized spacial score (nSPS) is 21.7. The molecule has 3 rings (SSSR count). The number of nitrogens with zero attached hydrogens (tertiary/aromatic N) is 3. The summed E-state index contributed by atoms with van der Waals surface area (Å²) < 4.78 is 15.6. The molecule has 9 heteroatoms. The maximum Gasteiger partial charge on any atom is 0.169 e. The first-order chi connectivity index (χ1) is 11.7. The predicted molar refractivity (Wildman–Crippen MR) is 98.4 cm³/mol. The number of allylic oxidation sites excluding steroid dienone is 4. The van der Waals surface area contributed by atoms with Crippen molar-refractivity contribution in [2.45, 2.75) is 31.4 Å². The van der Waals surface area contributed by atoms with E-state index in [0.717, 1.165) is 0 Å². The molecule has 5 nitrogen and oxygen atoms in total. The summed E-state index contributed by atoms with van der Waals surface area (Å²) in [4.78, 5) is 15.4. The topological polar surface area (TPSA) is 59.3 Å². The van der Waals surface area contributed by atoms with E-state index in [4.69, 9.17) is 34.8 Å². The number of anilines is 1. The fourth-order valence-corrected chi connectivity index (χ4v) is 3.42. The zero-order valence-corrected chi connectivity index (χ0v) is 15.6. The molecule has 1 N–H and O–H groups in total. The van der Waals surface area contributed by atoms with Crippen LogP contribution in [0.2, 0.25) is 5.15 Å². The minimum Gasteiger partial charge on any atom is -0.354 e. The average Bonchev–Trinajstić information content (AvgIpc) is 2.90. The van der Waals surface area contributed by atoms with Crippen molar-refractivity contribution in [2.75, 3.05) is 5.32 Å². The molecule has 0 saturated carbocycles. The van der Waals surface area contributed by atoms with Crippen molar-refractivity contribution in [1.29, 1.82) is 0 Å². The van der Waals surface area contributed by atoms with Gasteiger partial charge in [0.2, 0.25) is 0 Å². The highest BCUT2D eigenvalue weighted by molar-refractivity contribution is 6.39. The van der Waals surface area contributed by atoms with Gasteiger partial charge in [0.1, 0.15) is 16.6 Å². The number of fused-ring (bicyclic) bond motifs is 1. The lowest BCUT2D eigenvalue weighted by molar-refractivity contribution is 0.112. The molecule has 0 spiro atoms. The van der Waals surface area contributed by atoms with Crippen molar-refractivity contribution >= 4 is 58.1 Å². The van der Waals surface area contributed by atoms with E-state index in [-0.39, 0.29) is 27.8 Å². The lowest BCUT2D eigenvalue weighted by Crippen LogP contribution is -2.19. The minimum absolute atomic E-state index is 0.108. The van der Waals surface area contributed by atoms with E-state index in [1.54, 1.807) is 13.0 Å². The molecular formula is C16H14Cl3FN4O. The molecule has 2 aromatic heterocycles. The van der Waals surface area contributed by atoms with E-state index in [1.807, 2.05) is 0 Å². The van der Waals surface area contributed by atoms with Gasteiger partial charge in [-0.1, -0.05) is 40.9 Å². The zero-order chi connectivity index (χ0) is 18.4. The molecule has 0 amide bonds. The van der Waals surface area contributed by atoms with E-state index in [1.165, 1.54) is 23.7 Å². The van der Waals surface area contributed by atoms with E-state index in [9.17, 15) is 9.18 Å². The number of hydrogen-bond acceptors (Lipinski definition) is 4. The summed E-state index contributed by atoms with van der Waals surface area (Å²) in [6.45, 7) is 3.16. The summed E-state index contributed by atoms with van der Waals surface area (Å²) >= 11 is 18.7. The molecule has 2 heterocycles. The summed E-state index contributed by atoms with van der Waals surface area (Å²) in [7, 11) is 0. The van der Waals surface area contributed by atoms with Gasteiger partial charge in [-0.2, -0.15) is 9.61 Å². The van der Waals surface area contributed by atoms with Gasteiger partial charge < -0.3 is 5.32 Å². The van der Waals surface area contributed by atoms with Crippen molar-refractivity contribution in [3.8, 4) is 0 Å². The molecule has 25 heavy (non-hydrogen) atoms. The summed E-state index contributed by atoms with van der Waals surface area (Å²) in [6.07, 6.45) is 5.15. The second-order valence-electron chi connectivity index (χ2n) is 5.93. The molecule has 0 aromatic carbocycles. The van der Waals surface area contributed by atoms with Crippen LogP contribution in [0.1, 0.15) is 36.2 Å². The fourth-order valence-electron chi connectivity index (χ4n) is 2.65. The van der Waals surface area contributed by atoms with Crippen LogP contribution in [-0.4, -0.2) is 32.1 Å². The van der Waals surface area contributed by atoms with Crippen LogP contribution in [0.15, 0.2) is 23.4 Å². The van der Waals surface area contributed by atoms with Gasteiger partial charge in [0.25, 0.3) is 0 Å². The van der Waals surface area contributed by atoms with Gasteiger partial charge in [-0.3, -0.25) is 4.79 Å². The molecule has 0 saturated heterocycles. The Balaban J connectivity index is 2.28. The van der Waals surface area contributed by atoms with E-state index >= 15 is 0 Å². The molecule has 1 aliphatic carbocycles. The van der Waals surface area contributed by atoms with Crippen molar-refractivity contribution < 1.29 is 9.18 Å². The largest absolute Gasteiger partial charge is 0.354 e. The summed E-state index contributed by atoms with van der Waals surface area (Å²) in [5.74, 6) is 0.422. The Morgan fingerprint density at radius 2 is 2.20 bits per heavy atom. The van der Waals surface area contributed by atoms with Crippen molar-refractivity contribution in [3.63, 3.8) is 0 Å². The number of carbonyl (C=O) groups excluding carboxylic acids is 1. The molecule has 1 aliphatic rings. The Kier molecular flexibility index (Phi) is 4.79. The van der Waals surface area contributed by atoms with Crippen LogP contribution >= 0.6 is 34.8 Å². The van der Waals surface area contributed by atoms with Crippen LogP contribution < -0.4 is 5.32 Å². The number of nitrogens with one attached hydrogen (secondary N) is 1. The minimum atomic E-state index is -1.53. The summed E-state index contributed by atoms with van der Waals surface area (Å²) in [6, 6.07) is 0. The smallest absolute Gasteiger partial charge is 0.169 e. The quantitative estimate of drug-likeness (QED) is 0.344. The highest BCUT2D eigenvalue weighted by atomic mass is 35.5. The molecule has 2 unspecified atom stereocenters. The van der Waals surface area contributed by atoms with Crippen LogP contribution in [0.5, 0.6) is 0 Å². The van der Waals surface area contributed by atoms with Crippen LogP contribution in [0.3, 0.4) is 0 Å². The number of alkyl halides is 2. The van der Waals surface area contributed by atoms with Crippen molar-refractivity contribution in [2.24, 2.45) is 0 Å². The second-order valence-corrected chi connectivity index (χ2v) is 7.35. The monoisotopic (exact) mass is 402 g/mol. The maximum absolute atomic E-state index is 14.2. The Labute approximate surface area is 158 Å². The average molecular weight is 404 g/mol. The van der Waals surface area contributed by atoms with Crippen LogP contribution in [-0.2, 0) is 0 Å². The number of carbonyl (C=O) groups is 1. The van der Waals surface area contributed by atoms with Crippen LogP contribution in [0, 0.1) is 0 Å². The third-order valence-corrected chi connectivity index (χ3v) is 4.45. The lowest BCUT2D eigenvalue weighted by Gasteiger charge is -2.24. The first-order valence-corrected chi connectivity index (χ1v) is 8.64. The third kappa shape index (κ3) is 3.38. The van der Waals surface area contributed by atoms with Crippen molar-refractivity contribution in [3.05, 3.63) is 39.7 Å². The number of aromatic nitrogens is 3. The van der Waals surface area contributed by atoms with Gasteiger partial charge in [-0.05, 0) is 19.9 Å². The molecule has 2 aromatic rings. The fraction of sp³-hybridized carbons (Fsp3) is 0.312. The molecule has 0 aliphatic heterocycles. The standard InChI is InChI=1S/C16H14Cl3FN4O/c1-8(17)22-15-12(10-3-4-16(2,20)5-11(10)18)13(19)23-14-9(7-25)6-21-24(14)15/h3,5-8,22H,4H2,1-2H3. The summed E-state index contributed by atoms with van der Waals surface area (Å²) in [5, 5.41) is 7.53. The van der Waals surface area contributed by atoms with Gasteiger partial charge in [0, 0.05) is 17.0 Å². The van der Waals surface area contributed by atoms with E-state index in [0.29, 0.717) is 23.2 Å². The Bertz CT molecular complexity index is 918. The van der Waals surface area contributed by atoms with Gasteiger partial charge in [0.05, 0.1) is 22.8 Å². The Morgan fingerprint density at radius 1 is 1.48 bits per heavy atom. The third-order valence-electron chi connectivity index (χ3n) is 3.75. The zero-order valence-electron chi connectivity index (χ0n) is 13.4. The second kappa shape index (κ2) is 6.59. The van der Waals surface area contributed by atoms with Gasteiger partial charge in [-0.15, -0.1) is 0 Å². The number of aldehydes is 1. The molecule has 132 valence electrons. The first kappa shape index (κ1) is 18.2. The van der Waals surface area contributed by atoms with Gasteiger partial charge in [0.15, 0.2) is 11.9 Å². The number of halogens is 4. The van der Waals surface area contributed by atoms with E-state index < -0.39 is 11.2 Å². The highest BCUT2D eigenvalue weighted by Crippen LogP contribution is 2.42.